The molecule has 1 N–H and O–H groups in total. The molecule has 0 aliphatic carbocycles. The van der Waals surface area contributed by atoms with Gasteiger partial charge in [0.2, 0.25) is 0 Å². The van der Waals surface area contributed by atoms with Crippen LogP contribution < -0.4 is 4.90 Å². The minimum atomic E-state index is -1.21. The van der Waals surface area contributed by atoms with Crippen molar-refractivity contribution in [1.82, 2.24) is 0 Å². The molecule has 5 nitrogen and oxygen atoms in total. The van der Waals surface area contributed by atoms with Gasteiger partial charge in [0.15, 0.2) is 0 Å². The van der Waals surface area contributed by atoms with Gasteiger partial charge in [-0.3, -0.25) is 9.59 Å². The van der Waals surface area contributed by atoms with E-state index >= 15 is 0 Å². The van der Waals surface area contributed by atoms with Crippen molar-refractivity contribution in [3.8, 4) is 0 Å². The van der Waals surface area contributed by atoms with E-state index in [0.29, 0.717) is 5.69 Å². The maximum Gasteiger partial charge on any atom is 0.336 e. The standard InChI is InChI=1S/C24H27NO4/c1-6-8-17-15(13(2)3)11-12-16(14(4)5)21(17)25-22(26)18-9-7-10-19(24(28)29)20(18)23(25)27/h7,9-14H,6,8H2,1-5H3,(H,28,29). The van der Waals surface area contributed by atoms with Crippen LogP contribution in [0, 0.1) is 0 Å². The number of fused-ring (bicyclic) bond motifs is 1. The smallest absolute Gasteiger partial charge is 0.336 e. The molecule has 1 heterocycles. The van der Waals surface area contributed by atoms with Gasteiger partial charge >= 0.3 is 5.97 Å². The number of carbonyl (C=O) groups excluding carboxylic acids is 2. The molecule has 1 aliphatic heterocycles. The van der Waals surface area contributed by atoms with Gasteiger partial charge in [0.25, 0.3) is 11.8 Å². The molecule has 2 aromatic carbocycles. The van der Waals surface area contributed by atoms with Crippen LogP contribution in [0.4, 0.5) is 5.69 Å². The Morgan fingerprint density at radius 2 is 1.59 bits per heavy atom. The minimum absolute atomic E-state index is 0.0166. The Balaban J connectivity index is 2.32. The lowest BCUT2D eigenvalue weighted by molar-refractivity contribution is 0.0692. The number of carboxylic acids is 1. The van der Waals surface area contributed by atoms with E-state index in [1.165, 1.54) is 23.1 Å². The molecular weight excluding hydrogens is 366 g/mol. The average molecular weight is 393 g/mol. The number of amides is 2. The fraction of sp³-hybridized carbons (Fsp3) is 0.375. The summed E-state index contributed by atoms with van der Waals surface area (Å²) < 4.78 is 0. The molecular formula is C24H27NO4. The first kappa shape index (κ1) is 20.8. The number of imide groups is 1. The molecule has 3 rings (SSSR count). The predicted octanol–water partition coefficient (Wildman–Crippen LogP) is 5.38. The first-order valence-corrected chi connectivity index (χ1v) is 10.1. The van der Waals surface area contributed by atoms with Gasteiger partial charge in [0, 0.05) is 0 Å². The van der Waals surface area contributed by atoms with Crippen molar-refractivity contribution in [1.29, 1.82) is 0 Å². The fourth-order valence-electron chi connectivity index (χ4n) is 4.12. The lowest BCUT2D eigenvalue weighted by Gasteiger charge is -2.27. The van der Waals surface area contributed by atoms with E-state index in [4.69, 9.17) is 0 Å². The molecule has 0 bridgehead atoms. The monoisotopic (exact) mass is 393 g/mol. The third-order valence-corrected chi connectivity index (χ3v) is 5.46. The molecule has 0 unspecified atom stereocenters. The van der Waals surface area contributed by atoms with E-state index < -0.39 is 17.8 Å². The van der Waals surface area contributed by atoms with Crippen molar-refractivity contribution in [2.45, 2.75) is 59.3 Å². The third kappa shape index (κ3) is 3.35. The van der Waals surface area contributed by atoms with Gasteiger partial charge in [-0.2, -0.15) is 0 Å². The van der Waals surface area contributed by atoms with Crippen LogP contribution in [-0.2, 0) is 6.42 Å². The summed E-state index contributed by atoms with van der Waals surface area (Å²) in [5.41, 5.74) is 3.67. The molecule has 0 aromatic heterocycles. The van der Waals surface area contributed by atoms with Crippen molar-refractivity contribution in [2.75, 3.05) is 4.90 Å². The van der Waals surface area contributed by atoms with Crippen molar-refractivity contribution in [3.05, 3.63) is 63.7 Å². The SMILES string of the molecule is CCCc1c(C(C)C)ccc(C(C)C)c1N1C(=O)c2cccc(C(=O)O)c2C1=O. The van der Waals surface area contributed by atoms with Crippen LogP contribution >= 0.6 is 0 Å². The number of benzene rings is 2. The molecule has 29 heavy (non-hydrogen) atoms. The third-order valence-electron chi connectivity index (χ3n) is 5.46. The quantitative estimate of drug-likeness (QED) is 0.668. The normalized spacial score (nSPS) is 13.6. The topological polar surface area (TPSA) is 74.7 Å². The highest BCUT2D eigenvalue weighted by atomic mass is 16.4. The Morgan fingerprint density at radius 3 is 2.14 bits per heavy atom. The molecule has 2 aromatic rings. The zero-order valence-corrected chi connectivity index (χ0v) is 17.6. The number of aromatic carboxylic acids is 1. The number of nitrogens with zero attached hydrogens (tertiary/aromatic N) is 1. The second kappa shape index (κ2) is 7.82. The van der Waals surface area contributed by atoms with Gasteiger partial charge in [-0.15, -0.1) is 0 Å². The first-order chi connectivity index (χ1) is 13.7. The highest BCUT2D eigenvalue weighted by molar-refractivity contribution is 6.36. The Hall–Kier alpha value is -2.95. The van der Waals surface area contributed by atoms with E-state index in [1.807, 2.05) is 19.9 Å². The molecule has 0 spiro atoms. The molecule has 2 amide bonds. The fourth-order valence-corrected chi connectivity index (χ4v) is 4.12. The summed E-state index contributed by atoms with van der Waals surface area (Å²) in [6.07, 6.45) is 1.61. The number of rotatable bonds is 6. The second-order valence-electron chi connectivity index (χ2n) is 8.11. The van der Waals surface area contributed by atoms with Gasteiger partial charge in [0.05, 0.1) is 22.4 Å². The number of anilines is 1. The van der Waals surface area contributed by atoms with E-state index in [-0.39, 0.29) is 28.5 Å². The predicted molar refractivity (Wildman–Crippen MR) is 113 cm³/mol. The Labute approximate surface area is 171 Å². The zero-order valence-electron chi connectivity index (χ0n) is 17.6. The molecule has 0 fully saturated rings. The van der Waals surface area contributed by atoms with E-state index in [0.717, 1.165) is 29.5 Å². The maximum atomic E-state index is 13.4. The summed E-state index contributed by atoms with van der Waals surface area (Å²) >= 11 is 0. The van der Waals surface area contributed by atoms with E-state index in [9.17, 15) is 19.5 Å². The maximum absolute atomic E-state index is 13.4. The van der Waals surface area contributed by atoms with Gasteiger partial charge in [0.1, 0.15) is 0 Å². The number of carbonyl (C=O) groups is 3. The van der Waals surface area contributed by atoms with Crippen LogP contribution in [0.25, 0.3) is 0 Å². The lowest BCUT2D eigenvalue weighted by atomic mass is 9.87. The summed E-state index contributed by atoms with van der Waals surface area (Å²) in [5.74, 6) is -1.87. The number of hydrogen-bond donors (Lipinski definition) is 1. The summed E-state index contributed by atoms with van der Waals surface area (Å²) in [4.78, 5) is 39.6. The highest BCUT2D eigenvalue weighted by Gasteiger charge is 2.41. The molecule has 1 aliphatic rings. The van der Waals surface area contributed by atoms with Crippen LogP contribution in [0.1, 0.15) is 101 Å². The molecule has 0 radical (unpaired) electrons. The lowest BCUT2D eigenvalue weighted by Crippen LogP contribution is -2.32. The first-order valence-electron chi connectivity index (χ1n) is 10.1. The number of carboxylic acid groups (broad SMARTS) is 1. The largest absolute Gasteiger partial charge is 0.478 e. The summed E-state index contributed by atoms with van der Waals surface area (Å²) in [5, 5.41) is 9.53. The average Bonchev–Trinajstić information content (AvgIpc) is 2.92. The summed E-state index contributed by atoms with van der Waals surface area (Å²) in [6, 6.07) is 8.50. The highest BCUT2D eigenvalue weighted by Crippen LogP contribution is 2.41. The summed E-state index contributed by atoms with van der Waals surface area (Å²) in [7, 11) is 0. The molecule has 152 valence electrons. The molecule has 0 saturated heterocycles. The minimum Gasteiger partial charge on any atom is -0.478 e. The second-order valence-corrected chi connectivity index (χ2v) is 8.11. The van der Waals surface area contributed by atoms with Crippen molar-refractivity contribution in [2.24, 2.45) is 0 Å². The van der Waals surface area contributed by atoms with E-state index in [2.05, 4.69) is 26.8 Å². The van der Waals surface area contributed by atoms with Gasteiger partial charge in [-0.25, -0.2) is 9.69 Å². The molecule has 0 atom stereocenters. The van der Waals surface area contributed by atoms with Crippen LogP contribution in [0.3, 0.4) is 0 Å². The van der Waals surface area contributed by atoms with Gasteiger partial charge in [-0.05, 0) is 47.1 Å². The van der Waals surface area contributed by atoms with Crippen molar-refractivity contribution >= 4 is 23.5 Å². The van der Waals surface area contributed by atoms with Crippen LogP contribution in [0.2, 0.25) is 0 Å². The Bertz CT molecular complexity index is 1000. The van der Waals surface area contributed by atoms with E-state index in [1.54, 1.807) is 0 Å². The van der Waals surface area contributed by atoms with Crippen LogP contribution in [0.15, 0.2) is 30.3 Å². The number of hydrogen-bond acceptors (Lipinski definition) is 3. The Morgan fingerprint density at radius 1 is 0.966 bits per heavy atom. The zero-order chi connectivity index (χ0) is 21.5. The Kier molecular flexibility index (Phi) is 5.60. The summed E-state index contributed by atoms with van der Waals surface area (Å²) in [6.45, 7) is 10.3. The van der Waals surface area contributed by atoms with Crippen LogP contribution in [-0.4, -0.2) is 22.9 Å². The van der Waals surface area contributed by atoms with Gasteiger partial charge < -0.3 is 5.11 Å². The van der Waals surface area contributed by atoms with Crippen LogP contribution in [0.5, 0.6) is 0 Å². The van der Waals surface area contributed by atoms with Crippen molar-refractivity contribution < 1.29 is 19.5 Å². The van der Waals surface area contributed by atoms with Crippen molar-refractivity contribution in [3.63, 3.8) is 0 Å². The molecule has 5 heteroatoms. The molecule has 0 saturated carbocycles. The van der Waals surface area contributed by atoms with Gasteiger partial charge in [-0.1, -0.05) is 59.2 Å².